The van der Waals surface area contributed by atoms with Gasteiger partial charge in [0.25, 0.3) is 0 Å². The Labute approximate surface area is 370 Å². The molecule has 0 spiro atoms. The van der Waals surface area contributed by atoms with Crippen molar-refractivity contribution in [3.05, 3.63) is 109 Å². The number of thioether (sulfide) groups is 2. The summed E-state index contributed by atoms with van der Waals surface area (Å²) in [5.41, 5.74) is 6.40. The number of unbranched alkanes of at least 4 members (excludes halogenated alkanes) is 12. The standard InChI is InChI=1S/C54H68N2O2S2/c1-3-5-7-15-35-59-37-17-11-9-13-33-57-47-29-25-43(26-30-47)49-23-19-21-45-39-53(55-41-51(45)49)54-40-46-22-20-24-50(52(46)42-56-54)44-27-31-48(32-28-44)58-34-14-10-12-18-38-60-36-16-8-6-4-2/h19-32,39-42H,3-18,33-38H2,1-2H3. The predicted octanol–water partition coefficient (Wildman–Crippen LogP) is 16.3. The highest BCUT2D eigenvalue weighted by molar-refractivity contribution is 7.99. The molecule has 60 heavy (non-hydrogen) atoms. The lowest BCUT2D eigenvalue weighted by atomic mass is 9.98. The maximum atomic E-state index is 6.11. The zero-order chi connectivity index (χ0) is 41.5. The number of pyridine rings is 2. The monoisotopic (exact) mass is 840 g/mol. The number of hydrogen-bond acceptors (Lipinski definition) is 6. The molecule has 0 aliphatic rings. The Bertz CT molecular complexity index is 1970. The fourth-order valence-corrected chi connectivity index (χ4v) is 9.80. The van der Waals surface area contributed by atoms with E-state index in [1.165, 1.54) is 124 Å². The molecule has 6 rings (SSSR count). The molecule has 4 aromatic carbocycles. The van der Waals surface area contributed by atoms with Crippen LogP contribution in [0.4, 0.5) is 0 Å². The summed E-state index contributed by atoms with van der Waals surface area (Å²) in [5, 5.41) is 4.55. The number of aromatic nitrogens is 2. The maximum Gasteiger partial charge on any atom is 0.119 e. The minimum atomic E-state index is 0.774. The molecule has 0 atom stereocenters. The Morgan fingerprint density at radius 3 is 1.20 bits per heavy atom. The molecule has 0 saturated carbocycles. The molecule has 6 aromatic rings. The van der Waals surface area contributed by atoms with Crippen LogP contribution in [-0.4, -0.2) is 46.2 Å². The molecule has 0 bridgehead atoms. The fraction of sp³-hybridized carbons (Fsp3) is 0.444. The Hall–Kier alpha value is -4.00. The van der Waals surface area contributed by atoms with Crippen molar-refractivity contribution < 1.29 is 9.47 Å². The summed E-state index contributed by atoms with van der Waals surface area (Å²) in [6.07, 6.45) is 24.8. The van der Waals surface area contributed by atoms with Gasteiger partial charge in [-0.3, -0.25) is 9.97 Å². The molecule has 6 heteroatoms. The normalized spacial score (nSPS) is 11.4. The molecule has 0 saturated heterocycles. The number of fused-ring (bicyclic) bond motifs is 2. The van der Waals surface area contributed by atoms with E-state index in [1.54, 1.807) is 0 Å². The van der Waals surface area contributed by atoms with Crippen LogP contribution < -0.4 is 9.47 Å². The summed E-state index contributed by atoms with van der Waals surface area (Å²) < 4.78 is 12.2. The first-order valence-electron chi connectivity index (χ1n) is 23.1. The van der Waals surface area contributed by atoms with Gasteiger partial charge >= 0.3 is 0 Å². The van der Waals surface area contributed by atoms with Crippen LogP contribution in [0.1, 0.15) is 117 Å². The molecule has 2 aromatic heterocycles. The Morgan fingerprint density at radius 1 is 0.417 bits per heavy atom. The molecule has 0 radical (unpaired) electrons. The second kappa shape index (κ2) is 26.4. The molecular formula is C54H68N2O2S2. The van der Waals surface area contributed by atoms with Crippen molar-refractivity contribution in [2.45, 2.75) is 117 Å². The number of benzene rings is 4. The van der Waals surface area contributed by atoms with Gasteiger partial charge in [0.2, 0.25) is 0 Å². The van der Waals surface area contributed by atoms with Gasteiger partial charge in [-0.25, -0.2) is 0 Å². The zero-order valence-corrected chi connectivity index (χ0v) is 38.1. The van der Waals surface area contributed by atoms with E-state index in [9.17, 15) is 0 Å². The maximum absolute atomic E-state index is 6.11. The average molecular weight is 841 g/mol. The highest BCUT2D eigenvalue weighted by Gasteiger charge is 2.11. The first-order valence-corrected chi connectivity index (χ1v) is 25.4. The molecular weight excluding hydrogens is 773 g/mol. The topological polar surface area (TPSA) is 44.2 Å². The first kappa shape index (κ1) is 45.5. The molecule has 0 aliphatic heterocycles. The summed E-state index contributed by atoms with van der Waals surface area (Å²) in [7, 11) is 0. The number of nitrogens with zero attached hydrogens (tertiary/aromatic N) is 2. The second-order valence-corrected chi connectivity index (χ2v) is 18.6. The van der Waals surface area contributed by atoms with Crippen LogP contribution in [0.25, 0.3) is 55.2 Å². The third-order valence-electron chi connectivity index (χ3n) is 11.3. The first-order chi connectivity index (χ1) is 29.7. The Morgan fingerprint density at radius 2 is 0.800 bits per heavy atom. The van der Waals surface area contributed by atoms with E-state index in [-0.39, 0.29) is 0 Å². The van der Waals surface area contributed by atoms with Gasteiger partial charge in [-0.15, -0.1) is 0 Å². The predicted molar refractivity (Wildman–Crippen MR) is 264 cm³/mol. The van der Waals surface area contributed by atoms with Crippen LogP contribution in [-0.2, 0) is 0 Å². The van der Waals surface area contributed by atoms with E-state index in [2.05, 4.69) is 134 Å². The smallest absolute Gasteiger partial charge is 0.119 e. The number of rotatable bonds is 29. The van der Waals surface area contributed by atoms with Gasteiger partial charge in [0, 0.05) is 23.2 Å². The van der Waals surface area contributed by atoms with Crippen molar-refractivity contribution >= 4 is 45.1 Å². The summed E-state index contributed by atoms with van der Waals surface area (Å²) in [5.74, 6) is 7.11. The second-order valence-electron chi connectivity index (χ2n) is 16.1. The minimum absolute atomic E-state index is 0.774. The van der Waals surface area contributed by atoms with Gasteiger partial charge in [0.1, 0.15) is 11.5 Å². The SMILES string of the molecule is CCCCCCSCCCCCCOc1ccc(-c2cccc3cc(-c4cc5cccc(-c6ccc(OCCCCCCSCCCCCC)cc6)c5cn4)ncc23)cc1. The summed E-state index contributed by atoms with van der Waals surface area (Å²) >= 11 is 4.25. The zero-order valence-electron chi connectivity index (χ0n) is 36.5. The van der Waals surface area contributed by atoms with Crippen molar-refractivity contribution in [2.24, 2.45) is 0 Å². The third-order valence-corrected chi connectivity index (χ3v) is 13.6. The number of ether oxygens (including phenoxy) is 2. The van der Waals surface area contributed by atoms with Crippen LogP contribution in [0, 0.1) is 0 Å². The summed E-state index contributed by atoms with van der Waals surface area (Å²) in [6, 6.07) is 34.3. The highest BCUT2D eigenvalue weighted by Crippen LogP contribution is 2.34. The molecule has 2 heterocycles. The quantitative estimate of drug-likeness (QED) is 0.0438. The van der Waals surface area contributed by atoms with Crippen molar-refractivity contribution in [2.75, 3.05) is 36.2 Å². The minimum Gasteiger partial charge on any atom is -0.494 e. The van der Waals surface area contributed by atoms with Crippen LogP contribution in [0.3, 0.4) is 0 Å². The van der Waals surface area contributed by atoms with Gasteiger partial charge in [-0.05, 0) is 131 Å². The van der Waals surface area contributed by atoms with Gasteiger partial charge in [-0.2, -0.15) is 23.5 Å². The summed E-state index contributed by atoms with van der Waals surface area (Å²) in [4.78, 5) is 9.87. The molecule has 4 nitrogen and oxygen atoms in total. The van der Waals surface area contributed by atoms with Crippen LogP contribution in [0.5, 0.6) is 11.5 Å². The van der Waals surface area contributed by atoms with E-state index in [0.717, 1.165) is 81.6 Å². The molecule has 0 aliphatic carbocycles. The molecule has 0 unspecified atom stereocenters. The summed E-state index contributed by atoms with van der Waals surface area (Å²) in [6.45, 7) is 6.10. The molecule has 0 N–H and O–H groups in total. The highest BCUT2D eigenvalue weighted by atomic mass is 32.2. The fourth-order valence-electron chi connectivity index (χ4n) is 7.75. The molecule has 0 fully saturated rings. The van der Waals surface area contributed by atoms with Crippen molar-refractivity contribution in [1.82, 2.24) is 9.97 Å². The lowest BCUT2D eigenvalue weighted by molar-refractivity contribution is 0.305. The van der Waals surface area contributed by atoms with Crippen molar-refractivity contribution in [3.63, 3.8) is 0 Å². The van der Waals surface area contributed by atoms with Crippen LogP contribution >= 0.6 is 23.5 Å². The van der Waals surface area contributed by atoms with Crippen LogP contribution in [0.2, 0.25) is 0 Å². The van der Waals surface area contributed by atoms with Gasteiger partial charge in [0.15, 0.2) is 0 Å². The molecule has 318 valence electrons. The van der Waals surface area contributed by atoms with Gasteiger partial charge in [0.05, 0.1) is 24.6 Å². The Kier molecular flexibility index (Phi) is 20.0. The Balaban J connectivity index is 0.970. The largest absolute Gasteiger partial charge is 0.494 e. The van der Waals surface area contributed by atoms with Gasteiger partial charge in [-0.1, -0.05) is 139 Å². The van der Waals surface area contributed by atoms with E-state index in [0.29, 0.717) is 0 Å². The van der Waals surface area contributed by atoms with E-state index >= 15 is 0 Å². The van der Waals surface area contributed by atoms with Gasteiger partial charge < -0.3 is 9.47 Å². The number of hydrogen-bond donors (Lipinski definition) is 0. The van der Waals surface area contributed by atoms with E-state index in [4.69, 9.17) is 19.4 Å². The molecule has 0 amide bonds. The van der Waals surface area contributed by atoms with Crippen molar-refractivity contribution in [1.29, 1.82) is 0 Å². The van der Waals surface area contributed by atoms with Crippen molar-refractivity contribution in [3.8, 4) is 45.1 Å². The van der Waals surface area contributed by atoms with Crippen LogP contribution in [0.15, 0.2) is 109 Å². The lowest BCUT2D eigenvalue weighted by Gasteiger charge is -2.11. The van der Waals surface area contributed by atoms with E-state index < -0.39 is 0 Å². The third kappa shape index (κ3) is 14.6. The lowest BCUT2D eigenvalue weighted by Crippen LogP contribution is -1.97. The van der Waals surface area contributed by atoms with E-state index in [1.807, 2.05) is 12.4 Å². The average Bonchev–Trinajstić information content (AvgIpc) is 3.29.